The molecule has 0 radical (unpaired) electrons. The summed E-state index contributed by atoms with van der Waals surface area (Å²) < 4.78 is 31.1. The van der Waals surface area contributed by atoms with Gasteiger partial charge < -0.3 is 19.0 Å². The van der Waals surface area contributed by atoms with Crippen molar-refractivity contribution in [1.29, 1.82) is 0 Å². The van der Waals surface area contributed by atoms with Gasteiger partial charge in [-0.05, 0) is 61.8 Å². The lowest BCUT2D eigenvalue weighted by Gasteiger charge is -2.43. The highest BCUT2D eigenvalue weighted by Gasteiger charge is 2.44. The number of methoxy groups -OCH3 is 1. The molecule has 1 N–H and O–H groups in total. The summed E-state index contributed by atoms with van der Waals surface area (Å²) in [7, 11) is -1.85. The van der Waals surface area contributed by atoms with E-state index in [9.17, 15) is 9.32 Å². The molecule has 0 aliphatic rings. The lowest BCUT2D eigenvalue weighted by Crippen LogP contribution is -2.54. The van der Waals surface area contributed by atoms with Gasteiger partial charge in [-0.25, -0.2) is 0 Å². The maximum atomic E-state index is 13.3. The molecule has 0 saturated heterocycles. The Morgan fingerprint density at radius 3 is 2.11 bits per heavy atom. The molecule has 0 aliphatic heterocycles. The number of rotatable bonds is 12. The highest BCUT2D eigenvalue weighted by atomic mass is 79.9. The van der Waals surface area contributed by atoms with Gasteiger partial charge in [0.1, 0.15) is 11.4 Å². The summed E-state index contributed by atoms with van der Waals surface area (Å²) in [6, 6.07) is 15.4. The number of ether oxygens (including phenoxy) is 2. The van der Waals surface area contributed by atoms with Gasteiger partial charge >= 0.3 is 0 Å². The third-order valence-corrected chi connectivity index (χ3v) is 14.1. The molecular formula is C27H41BrO5SSi. The van der Waals surface area contributed by atoms with Gasteiger partial charge in [0.2, 0.25) is 0 Å². The van der Waals surface area contributed by atoms with Gasteiger partial charge in [-0.15, -0.1) is 0 Å². The standard InChI is InChI=1S/C27H41BrO5SSi/c1-20-9-15-23(16-10-20)34(30)18-24(33-35(7,8)26(2,3)4)25(28)27(5,29)19-32-17-21-11-13-22(31-6)14-12-21/h9-16,24-25,29H,17-19H2,1-8H3/t24-,25-,27+,34-/m0/s1. The highest BCUT2D eigenvalue weighted by Crippen LogP contribution is 2.39. The number of aliphatic hydroxyl groups is 1. The Labute approximate surface area is 223 Å². The van der Waals surface area contributed by atoms with Crippen LogP contribution in [0.3, 0.4) is 0 Å². The van der Waals surface area contributed by atoms with Gasteiger partial charge in [-0.2, -0.15) is 0 Å². The number of hydrogen-bond donors (Lipinski definition) is 1. The van der Waals surface area contributed by atoms with Crippen molar-refractivity contribution in [2.75, 3.05) is 19.5 Å². The summed E-state index contributed by atoms with van der Waals surface area (Å²) >= 11 is 3.72. The molecule has 0 aliphatic carbocycles. The normalized spacial score (nSPS) is 16.9. The third-order valence-electron chi connectivity index (χ3n) is 6.59. The van der Waals surface area contributed by atoms with Crippen molar-refractivity contribution in [3.05, 3.63) is 59.7 Å². The summed E-state index contributed by atoms with van der Waals surface area (Å²) in [4.78, 5) is 0.281. The average molecular weight is 586 g/mol. The van der Waals surface area contributed by atoms with Gasteiger partial charge in [-0.3, -0.25) is 4.21 Å². The second-order valence-electron chi connectivity index (χ2n) is 10.8. The average Bonchev–Trinajstić information content (AvgIpc) is 2.78. The molecule has 0 unspecified atom stereocenters. The molecular weight excluding hydrogens is 544 g/mol. The molecule has 0 spiro atoms. The molecule has 0 saturated carbocycles. The van der Waals surface area contributed by atoms with Gasteiger partial charge in [0.05, 0.1) is 47.8 Å². The van der Waals surface area contributed by atoms with Crippen LogP contribution in [0.4, 0.5) is 0 Å². The van der Waals surface area contributed by atoms with Crippen LogP contribution in [0.2, 0.25) is 18.1 Å². The number of hydrogen-bond acceptors (Lipinski definition) is 5. The molecule has 0 fully saturated rings. The zero-order valence-corrected chi connectivity index (χ0v) is 25.7. The molecule has 2 rings (SSSR count). The summed E-state index contributed by atoms with van der Waals surface area (Å²) in [6.07, 6.45) is -0.461. The molecule has 0 bridgehead atoms. The molecule has 8 heteroatoms. The molecule has 2 aromatic carbocycles. The lowest BCUT2D eigenvalue weighted by molar-refractivity contribution is -0.0539. The van der Waals surface area contributed by atoms with E-state index in [1.54, 1.807) is 14.0 Å². The molecule has 0 amide bonds. The van der Waals surface area contributed by atoms with Gasteiger partial charge in [0.15, 0.2) is 8.32 Å². The molecule has 4 atom stereocenters. The van der Waals surface area contributed by atoms with Gasteiger partial charge in [0.25, 0.3) is 0 Å². The van der Waals surface area contributed by atoms with Crippen LogP contribution in [0.15, 0.2) is 53.4 Å². The van der Waals surface area contributed by atoms with E-state index in [0.29, 0.717) is 6.61 Å². The van der Waals surface area contributed by atoms with E-state index >= 15 is 0 Å². The molecule has 0 aromatic heterocycles. The lowest BCUT2D eigenvalue weighted by atomic mass is 10.00. The Morgan fingerprint density at radius 2 is 1.60 bits per heavy atom. The Morgan fingerprint density at radius 1 is 1.03 bits per heavy atom. The first-order valence-electron chi connectivity index (χ1n) is 11.9. The minimum atomic E-state index is -2.21. The minimum Gasteiger partial charge on any atom is -0.497 e. The van der Waals surface area contributed by atoms with Crippen LogP contribution in [0, 0.1) is 6.92 Å². The fraction of sp³-hybridized carbons (Fsp3) is 0.556. The predicted octanol–water partition coefficient (Wildman–Crippen LogP) is 6.23. The first-order valence-corrected chi connectivity index (χ1v) is 17.0. The second-order valence-corrected chi connectivity index (χ2v) is 18.1. The Kier molecular flexibility index (Phi) is 10.8. The quantitative estimate of drug-likeness (QED) is 0.236. The predicted molar refractivity (Wildman–Crippen MR) is 151 cm³/mol. The largest absolute Gasteiger partial charge is 0.497 e. The van der Waals surface area contributed by atoms with E-state index in [1.165, 1.54) is 0 Å². The topological polar surface area (TPSA) is 65.0 Å². The van der Waals surface area contributed by atoms with Crippen LogP contribution in [-0.2, 0) is 26.6 Å². The van der Waals surface area contributed by atoms with E-state index < -0.39 is 35.6 Å². The molecule has 0 heterocycles. The van der Waals surface area contributed by atoms with Crippen LogP contribution in [0.1, 0.15) is 38.8 Å². The summed E-state index contributed by atoms with van der Waals surface area (Å²) in [5.41, 5.74) is 0.870. The van der Waals surface area contributed by atoms with Crippen LogP contribution >= 0.6 is 15.9 Å². The summed E-state index contributed by atoms with van der Waals surface area (Å²) in [6.45, 7) is 15.1. The first-order chi connectivity index (χ1) is 16.2. The van der Waals surface area contributed by atoms with Gasteiger partial charge in [-0.1, -0.05) is 66.5 Å². The molecule has 196 valence electrons. The van der Waals surface area contributed by atoms with Crippen molar-refractivity contribution < 1.29 is 23.2 Å². The van der Waals surface area contributed by atoms with E-state index in [4.69, 9.17) is 13.9 Å². The first kappa shape index (κ1) is 30.2. The number of halogens is 1. The van der Waals surface area contributed by atoms with Crippen molar-refractivity contribution in [2.45, 2.75) is 80.8 Å². The zero-order chi connectivity index (χ0) is 26.4. The Balaban J connectivity index is 2.16. The van der Waals surface area contributed by atoms with E-state index in [0.717, 1.165) is 21.8 Å². The zero-order valence-electron chi connectivity index (χ0n) is 22.3. The maximum absolute atomic E-state index is 13.3. The summed E-state index contributed by atoms with van der Waals surface area (Å²) in [5.74, 6) is 1.06. The number of aryl methyl sites for hydroxylation is 1. The van der Waals surface area contributed by atoms with Crippen molar-refractivity contribution in [3.63, 3.8) is 0 Å². The Hall–Kier alpha value is -1.03. The fourth-order valence-electron chi connectivity index (χ4n) is 3.25. The summed E-state index contributed by atoms with van der Waals surface area (Å²) in [5, 5.41) is 11.3. The van der Waals surface area contributed by atoms with Crippen molar-refractivity contribution in [3.8, 4) is 5.75 Å². The fourth-order valence-corrected chi connectivity index (χ4v) is 6.76. The maximum Gasteiger partial charge on any atom is 0.192 e. The smallest absolute Gasteiger partial charge is 0.192 e. The second kappa shape index (κ2) is 12.5. The van der Waals surface area contributed by atoms with Crippen molar-refractivity contribution in [2.24, 2.45) is 0 Å². The monoisotopic (exact) mass is 584 g/mol. The molecule has 5 nitrogen and oxygen atoms in total. The minimum absolute atomic E-state index is 0.0277. The molecule has 35 heavy (non-hydrogen) atoms. The van der Waals surface area contributed by atoms with Crippen LogP contribution in [-0.4, -0.2) is 53.6 Å². The van der Waals surface area contributed by atoms with E-state index in [2.05, 4.69) is 49.8 Å². The van der Waals surface area contributed by atoms with Crippen molar-refractivity contribution in [1.82, 2.24) is 0 Å². The van der Waals surface area contributed by atoms with E-state index in [1.807, 2.05) is 55.5 Å². The highest BCUT2D eigenvalue weighted by molar-refractivity contribution is 9.09. The number of alkyl halides is 1. The number of benzene rings is 2. The SMILES string of the molecule is COc1ccc(COC[C@@](C)(O)[C@@H](Br)[C@H](C[S@](=O)c2ccc(C)cc2)O[Si](C)(C)C(C)(C)C)cc1. The van der Waals surface area contributed by atoms with Crippen LogP contribution in [0.25, 0.3) is 0 Å². The van der Waals surface area contributed by atoms with Crippen LogP contribution < -0.4 is 4.74 Å². The molecule has 2 aromatic rings. The third kappa shape index (κ3) is 8.79. The van der Waals surface area contributed by atoms with Gasteiger partial charge in [0, 0.05) is 4.90 Å². The van der Waals surface area contributed by atoms with Crippen molar-refractivity contribution >= 4 is 35.0 Å². The van der Waals surface area contributed by atoms with Crippen LogP contribution in [0.5, 0.6) is 5.75 Å². The van der Waals surface area contributed by atoms with E-state index in [-0.39, 0.29) is 17.4 Å². The Bertz CT molecular complexity index is 955.